The van der Waals surface area contributed by atoms with E-state index in [0.29, 0.717) is 17.2 Å². The van der Waals surface area contributed by atoms with Gasteiger partial charge in [-0.2, -0.15) is 0 Å². The van der Waals surface area contributed by atoms with Crippen molar-refractivity contribution in [3.63, 3.8) is 0 Å². The van der Waals surface area contributed by atoms with Crippen LogP contribution in [0.1, 0.15) is 12.6 Å². The van der Waals surface area contributed by atoms with Crippen molar-refractivity contribution in [3.8, 4) is 17.1 Å². The van der Waals surface area contributed by atoms with Gasteiger partial charge in [-0.1, -0.05) is 0 Å². The lowest BCUT2D eigenvalue weighted by Gasteiger charge is -2.07. The highest BCUT2D eigenvalue weighted by Crippen LogP contribution is 2.23. The van der Waals surface area contributed by atoms with Gasteiger partial charge in [-0.25, -0.2) is 14.4 Å². The number of aryl methyl sites for hydroxylation is 1. The summed E-state index contributed by atoms with van der Waals surface area (Å²) in [6.07, 6.45) is 0. The number of aromatic nitrogens is 2. The predicted octanol–water partition coefficient (Wildman–Crippen LogP) is 2.73. The summed E-state index contributed by atoms with van der Waals surface area (Å²) in [7, 11) is 0. The van der Waals surface area contributed by atoms with Gasteiger partial charge in [0.25, 0.3) is 0 Å². The van der Waals surface area contributed by atoms with Crippen LogP contribution in [0.15, 0.2) is 24.3 Å². The van der Waals surface area contributed by atoms with Gasteiger partial charge in [-0.15, -0.1) is 0 Å². The van der Waals surface area contributed by atoms with Crippen molar-refractivity contribution in [1.29, 1.82) is 0 Å². The third-order valence-corrected chi connectivity index (χ3v) is 2.35. The number of nitrogens with zero attached hydrogens (tertiary/aromatic N) is 2. The molecule has 2 aromatic rings. The Hall–Kier alpha value is -2.17. The Balaban J connectivity index is 2.49. The number of aromatic hydroxyl groups is 1. The molecule has 0 aliphatic heterocycles. The van der Waals surface area contributed by atoms with Gasteiger partial charge in [0.05, 0.1) is 0 Å². The second-order valence-electron chi connectivity index (χ2n) is 3.95. The Labute approximate surface area is 105 Å². The van der Waals surface area contributed by atoms with E-state index in [9.17, 15) is 9.50 Å². The average molecular weight is 247 g/mol. The minimum Gasteiger partial charge on any atom is -0.508 e. The lowest BCUT2D eigenvalue weighted by Crippen LogP contribution is -2.02. The first-order chi connectivity index (χ1) is 8.58. The molecule has 1 aromatic heterocycles. The van der Waals surface area contributed by atoms with Crippen molar-refractivity contribution in [1.82, 2.24) is 9.97 Å². The van der Waals surface area contributed by atoms with Crippen LogP contribution in [0, 0.1) is 12.7 Å². The highest BCUT2D eigenvalue weighted by Gasteiger charge is 2.07. The normalized spacial score (nSPS) is 10.4. The summed E-state index contributed by atoms with van der Waals surface area (Å²) in [4.78, 5) is 8.52. The maximum atomic E-state index is 13.2. The standard InChI is InChI=1S/C13H14FN3O/c1-3-15-12-4-8(2)16-13(17-12)9-5-10(14)7-11(18)6-9/h4-7,18H,3H2,1-2H3,(H,15,16,17). The first kappa shape index (κ1) is 12.3. The zero-order valence-electron chi connectivity index (χ0n) is 10.2. The Bertz CT molecular complexity index is 552. The zero-order valence-corrected chi connectivity index (χ0v) is 10.2. The van der Waals surface area contributed by atoms with Crippen LogP contribution >= 0.6 is 0 Å². The molecule has 0 atom stereocenters. The summed E-state index contributed by atoms with van der Waals surface area (Å²) in [5.41, 5.74) is 1.23. The maximum absolute atomic E-state index is 13.2. The van der Waals surface area contributed by atoms with Crippen molar-refractivity contribution in [3.05, 3.63) is 35.8 Å². The van der Waals surface area contributed by atoms with Gasteiger partial charge >= 0.3 is 0 Å². The second-order valence-corrected chi connectivity index (χ2v) is 3.95. The van der Waals surface area contributed by atoms with Gasteiger partial charge in [-0.3, -0.25) is 0 Å². The van der Waals surface area contributed by atoms with E-state index in [0.717, 1.165) is 18.3 Å². The SMILES string of the molecule is CCNc1cc(C)nc(-c2cc(O)cc(F)c2)n1. The second kappa shape index (κ2) is 5.00. The van der Waals surface area contributed by atoms with Gasteiger partial charge in [0.15, 0.2) is 5.82 Å². The fourth-order valence-electron chi connectivity index (χ4n) is 1.67. The smallest absolute Gasteiger partial charge is 0.161 e. The summed E-state index contributed by atoms with van der Waals surface area (Å²) in [6, 6.07) is 5.59. The monoisotopic (exact) mass is 247 g/mol. The molecule has 0 unspecified atom stereocenters. The molecule has 0 bridgehead atoms. The lowest BCUT2D eigenvalue weighted by atomic mass is 10.2. The van der Waals surface area contributed by atoms with E-state index in [1.54, 1.807) is 0 Å². The molecule has 5 heteroatoms. The zero-order chi connectivity index (χ0) is 13.1. The molecule has 1 aromatic carbocycles. The maximum Gasteiger partial charge on any atom is 0.161 e. The van der Waals surface area contributed by atoms with E-state index in [2.05, 4.69) is 15.3 Å². The lowest BCUT2D eigenvalue weighted by molar-refractivity contribution is 0.469. The van der Waals surface area contributed by atoms with Crippen LogP contribution in [0.3, 0.4) is 0 Å². The fraction of sp³-hybridized carbons (Fsp3) is 0.231. The molecule has 0 fully saturated rings. The highest BCUT2D eigenvalue weighted by atomic mass is 19.1. The molecule has 2 N–H and O–H groups in total. The molecule has 0 saturated carbocycles. The molecular weight excluding hydrogens is 233 g/mol. The molecule has 4 nitrogen and oxygen atoms in total. The van der Waals surface area contributed by atoms with Crippen molar-refractivity contribution in [2.45, 2.75) is 13.8 Å². The number of rotatable bonds is 3. The Morgan fingerprint density at radius 3 is 2.67 bits per heavy atom. The first-order valence-corrected chi connectivity index (χ1v) is 5.68. The van der Waals surface area contributed by atoms with E-state index in [1.165, 1.54) is 12.1 Å². The third kappa shape index (κ3) is 2.74. The quantitative estimate of drug-likeness (QED) is 0.875. The average Bonchev–Trinajstić information content (AvgIpc) is 2.27. The summed E-state index contributed by atoms with van der Waals surface area (Å²) in [5, 5.41) is 12.5. The minimum absolute atomic E-state index is 0.139. The van der Waals surface area contributed by atoms with E-state index in [1.807, 2.05) is 19.9 Å². The number of halogens is 1. The van der Waals surface area contributed by atoms with Crippen LogP contribution < -0.4 is 5.32 Å². The minimum atomic E-state index is -0.514. The predicted molar refractivity (Wildman–Crippen MR) is 68.0 cm³/mol. The first-order valence-electron chi connectivity index (χ1n) is 5.68. The van der Waals surface area contributed by atoms with E-state index < -0.39 is 5.82 Å². The Kier molecular flexibility index (Phi) is 3.41. The number of phenols is 1. The number of hydrogen-bond acceptors (Lipinski definition) is 4. The number of anilines is 1. The number of benzene rings is 1. The van der Waals surface area contributed by atoms with Crippen LogP contribution in [-0.4, -0.2) is 21.6 Å². The van der Waals surface area contributed by atoms with Crippen LogP contribution in [-0.2, 0) is 0 Å². The molecule has 94 valence electrons. The summed E-state index contributed by atoms with van der Waals surface area (Å²) in [5.74, 6) is 0.421. The highest BCUT2D eigenvalue weighted by molar-refractivity contribution is 5.59. The van der Waals surface area contributed by atoms with E-state index in [4.69, 9.17) is 0 Å². The topological polar surface area (TPSA) is 58.0 Å². The van der Waals surface area contributed by atoms with Crippen molar-refractivity contribution < 1.29 is 9.50 Å². The number of hydrogen-bond donors (Lipinski definition) is 2. The molecule has 1 heterocycles. The Morgan fingerprint density at radius 1 is 1.22 bits per heavy atom. The van der Waals surface area contributed by atoms with Gasteiger partial charge in [0.2, 0.25) is 0 Å². The van der Waals surface area contributed by atoms with Gasteiger partial charge in [0.1, 0.15) is 17.4 Å². The largest absolute Gasteiger partial charge is 0.508 e. The van der Waals surface area contributed by atoms with E-state index in [-0.39, 0.29) is 5.75 Å². The number of nitrogens with one attached hydrogen (secondary N) is 1. The van der Waals surface area contributed by atoms with Crippen molar-refractivity contribution >= 4 is 5.82 Å². The molecule has 0 saturated heterocycles. The molecule has 0 aliphatic carbocycles. The van der Waals surface area contributed by atoms with Crippen LogP contribution in [0.5, 0.6) is 5.75 Å². The molecule has 0 spiro atoms. The Morgan fingerprint density at radius 2 is 2.00 bits per heavy atom. The van der Waals surface area contributed by atoms with E-state index >= 15 is 0 Å². The van der Waals surface area contributed by atoms with Gasteiger partial charge in [-0.05, 0) is 26.0 Å². The summed E-state index contributed by atoms with van der Waals surface area (Å²) < 4.78 is 13.2. The third-order valence-electron chi connectivity index (χ3n) is 2.35. The van der Waals surface area contributed by atoms with Crippen LogP contribution in [0.4, 0.5) is 10.2 Å². The van der Waals surface area contributed by atoms with Crippen molar-refractivity contribution in [2.24, 2.45) is 0 Å². The fourth-order valence-corrected chi connectivity index (χ4v) is 1.67. The van der Waals surface area contributed by atoms with Crippen LogP contribution in [0.2, 0.25) is 0 Å². The number of phenolic OH excluding ortho intramolecular Hbond substituents is 1. The van der Waals surface area contributed by atoms with Gasteiger partial charge in [0, 0.05) is 29.9 Å². The summed E-state index contributed by atoms with van der Waals surface area (Å²) in [6.45, 7) is 4.54. The molecule has 0 radical (unpaired) electrons. The van der Waals surface area contributed by atoms with Crippen LogP contribution in [0.25, 0.3) is 11.4 Å². The van der Waals surface area contributed by atoms with Crippen molar-refractivity contribution in [2.75, 3.05) is 11.9 Å². The summed E-state index contributed by atoms with van der Waals surface area (Å²) >= 11 is 0. The van der Waals surface area contributed by atoms with Gasteiger partial charge < -0.3 is 10.4 Å². The molecule has 0 aliphatic rings. The molecule has 0 amide bonds. The molecule has 2 rings (SSSR count). The molecular formula is C13H14FN3O. The molecule has 18 heavy (non-hydrogen) atoms.